The summed E-state index contributed by atoms with van der Waals surface area (Å²) in [6, 6.07) is 12.1. The van der Waals surface area contributed by atoms with Crippen LogP contribution in [0.5, 0.6) is 5.75 Å². The largest absolute Gasteiger partial charge is 0.478 e. The molecule has 0 saturated carbocycles. The van der Waals surface area contributed by atoms with Gasteiger partial charge < -0.3 is 14.2 Å². The number of carbonyl (C=O) groups excluding carboxylic acids is 2. The fraction of sp³-hybridized carbons (Fsp3) is 0.136. The average molecular weight is 504 g/mol. The Morgan fingerprint density at radius 1 is 1.16 bits per heavy atom. The Balaban J connectivity index is 2.30. The van der Waals surface area contributed by atoms with E-state index in [9.17, 15) is 9.59 Å². The number of esters is 2. The van der Waals surface area contributed by atoms with Crippen molar-refractivity contribution in [3.8, 4) is 35.0 Å². The quantitative estimate of drug-likeness (QED) is 0.363. The maximum absolute atomic E-state index is 12.7. The maximum atomic E-state index is 12.7. The first-order valence-electron chi connectivity index (χ1n) is 8.83. The highest BCUT2D eigenvalue weighted by atomic mass is 79.9. The molecule has 0 spiro atoms. The molecule has 158 valence electrons. The first-order valence-corrected chi connectivity index (χ1v) is 10.0. The lowest BCUT2D eigenvalue weighted by Gasteiger charge is -2.10. The van der Waals surface area contributed by atoms with Gasteiger partial charge in [0, 0.05) is 5.56 Å². The van der Waals surface area contributed by atoms with Gasteiger partial charge in [0.25, 0.3) is 0 Å². The van der Waals surface area contributed by atoms with E-state index in [2.05, 4.69) is 26.9 Å². The highest BCUT2D eigenvalue weighted by Gasteiger charge is 2.31. The predicted octanol–water partition coefficient (Wildman–Crippen LogP) is 4.54. The van der Waals surface area contributed by atoms with Gasteiger partial charge in [0.2, 0.25) is 0 Å². The number of ether oxygens (including phenoxy) is 3. The van der Waals surface area contributed by atoms with Crippen LogP contribution in [0.4, 0.5) is 0 Å². The van der Waals surface area contributed by atoms with Crippen molar-refractivity contribution in [2.45, 2.75) is 0 Å². The Hall–Kier alpha value is -3.28. The standard InChI is InChI=1S/C22H16BrClN2O5/c1-4-10-31-20-15(23)11-13(12-16(20)24)18-17(21(27)29-2)19(22(28)30-3)26(25-18)14-8-6-5-7-9-14/h1,5-9,11-12H,10H2,2-3H3. The number of aromatic nitrogens is 2. The summed E-state index contributed by atoms with van der Waals surface area (Å²) in [5.74, 6) is 1.21. The van der Waals surface area contributed by atoms with Crippen LogP contribution in [-0.2, 0) is 9.47 Å². The van der Waals surface area contributed by atoms with Crippen molar-refractivity contribution in [3.63, 3.8) is 0 Å². The van der Waals surface area contributed by atoms with Gasteiger partial charge in [0.05, 0.1) is 29.4 Å². The molecule has 1 heterocycles. The SMILES string of the molecule is C#CCOc1c(Cl)cc(-c2nn(-c3ccccc3)c(C(=O)OC)c2C(=O)OC)cc1Br. The third-order valence-electron chi connectivity index (χ3n) is 4.23. The average Bonchev–Trinajstić information content (AvgIpc) is 3.18. The molecule has 31 heavy (non-hydrogen) atoms. The number of nitrogens with zero attached hydrogens (tertiary/aromatic N) is 2. The molecule has 0 amide bonds. The topological polar surface area (TPSA) is 79.7 Å². The number of benzene rings is 2. The molecule has 0 aliphatic heterocycles. The van der Waals surface area contributed by atoms with E-state index in [0.717, 1.165) is 0 Å². The Bertz CT molecular complexity index is 1160. The molecule has 3 rings (SSSR count). The third kappa shape index (κ3) is 4.43. The van der Waals surface area contributed by atoms with Crippen molar-refractivity contribution < 1.29 is 23.8 Å². The minimum absolute atomic E-state index is 0.0280. The van der Waals surface area contributed by atoms with Gasteiger partial charge in [-0.25, -0.2) is 14.3 Å². The van der Waals surface area contributed by atoms with E-state index in [-0.39, 0.29) is 28.6 Å². The van der Waals surface area contributed by atoms with Crippen LogP contribution < -0.4 is 4.74 Å². The second-order valence-corrected chi connectivity index (χ2v) is 7.33. The molecule has 0 radical (unpaired) electrons. The van der Waals surface area contributed by atoms with Crippen molar-refractivity contribution in [1.82, 2.24) is 9.78 Å². The molecular weight excluding hydrogens is 488 g/mol. The van der Waals surface area contributed by atoms with Crippen molar-refractivity contribution >= 4 is 39.5 Å². The Morgan fingerprint density at radius 2 is 1.84 bits per heavy atom. The van der Waals surface area contributed by atoms with Crippen LogP contribution in [0.25, 0.3) is 16.9 Å². The number of methoxy groups -OCH3 is 2. The molecule has 7 nitrogen and oxygen atoms in total. The molecule has 0 bridgehead atoms. The summed E-state index contributed by atoms with van der Waals surface area (Å²) < 4.78 is 17.1. The molecule has 1 aromatic heterocycles. The minimum atomic E-state index is -0.752. The molecule has 9 heteroatoms. The molecule has 0 aliphatic carbocycles. The van der Waals surface area contributed by atoms with E-state index in [1.165, 1.54) is 18.9 Å². The molecular formula is C22H16BrClN2O5. The van der Waals surface area contributed by atoms with E-state index in [4.69, 9.17) is 32.2 Å². The monoisotopic (exact) mass is 502 g/mol. The normalized spacial score (nSPS) is 10.3. The van der Waals surface area contributed by atoms with Gasteiger partial charge in [0.1, 0.15) is 17.9 Å². The van der Waals surface area contributed by atoms with Crippen LogP contribution in [0.15, 0.2) is 46.9 Å². The summed E-state index contributed by atoms with van der Waals surface area (Å²) in [6.45, 7) is 0.0280. The number of hydrogen-bond acceptors (Lipinski definition) is 6. The van der Waals surface area contributed by atoms with Crippen LogP contribution in [0, 0.1) is 12.3 Å². The molecule has 0 unspecified atom stereocenters. The van der Waals surface area contributed by atoms with Crippen LogP contribution >= 0.6 is 27.5 Å². The van der Waals surface area contributed by atoms with Crippen molar-refractivity contribution in [2.75, 3.05) is 20.8 Å². The third-order valence-corrected chi connectivity index (χ3v) is 5.10. The highest BCUT2D eigenvalue weighted by molar-refractivity contribution is 9.10. The minimum Gasteiger partial charge on any atom is -0.478 e. The summed E-state index contributed by atoms with van der Waals surface area (Å²) in [4.78, 5) is 25.3. The van der Waals surface area contributed by atoms with Gasteiger partial charge in [-0.15, -0.1) is 6.42 Å². The van der Waals surface area contributed by atoms with Gasteiger partial charge in [-0.3, -0.25) is 0 Å². The molecule has 3 aromatic rings. The summed E-state index contributed by atoms with van der Waals surface area (Å²) in [6.07, 6.45) is 5.24. The second kappa shape index (κ2) is 9.69. The van der Waals surface area contributed by atoms with Gasteiger partial charge in [-0.1, -0.05) is 35.7 Å². The summed E-state index contributed by atoms with van der Waals surface area (Å²) in [7, 11) is 2.43. The van der Waals surface area contributed by atoms with Crippen LogP contribution in [0.2, 0.25) is 5.02 Å². The van der Waals surface area contributed by atoms with Gasteiger partial charge in [0.15, 0.2) is 11.4 Å². The molecule has 0 aliphatic rings. The van der Waals surface area contributed by atoms with E-state index >= 15 is 0 Å². The Labute approximate surface area is 192 Å². The first kappa shape index (κ1) is 22.4. The number of rotatable bonds is 6. The maximum Gasteiger partial charge on any atom is 0.357 e. The van der Waals surface area contributed by atoms with E-state index in [1.54, 1.807) is 36.4 Å². The number of terminal acetylenes is 1. The number of hydrogen-bond donors (Lipinski definition) is 0. The van der Waals surface area contributed by atoms with E-state index in [0.29, 0.717) is 21.5 Å². The highest BCUT2D eigenvalue weighted by Crippen LogP contribution is 2.39. The zero-order valence-electron chi connectivity index (χ0n) is 16.5. The van der Waals surface area contributed by atoms with Gasteiger partial charge >= 0.3 is 11.9 Å². The van der Waals surface area contributed by atoms with Gasteiger partial charge in [-0.2, -0.15) is 5.10 Å². The van der Waals surface area contributed by atoms with Gasteiger partial charge in [-0.05, 0) is 40.2 Å². The molecule has 0 saturated heterocycles. The van der Waals surface area contributed by atoms with Crippen LogP contribution in [-0.4, -0.2) is 42.5 Å². The fourth-order valence-corrected chi connectivity index (χ4v) is 3.87. The lowest BCUT2D eigenvalue weighted by molar-refractivity contribution is 0.0549. The van der Waals surface area contributed by atoms with E-state index < -0.39 is 11.9 Å². The number of carbonyl (C=O) groups is 2. The molecule has 0 N–H and O–H groups in total. The van der Waals surface area contributed by atoms with Crippen LogP contribution in [0.3, 0.4) is 0 Å². The molecule has 0 atom stereocenters. The van der Waals surface area contributed by atoms with Crippen LogP contribution in [0.1, 0.15) is 20.8 Å². The van der Waals surface area contributed by atoms with Crippen molar-refractivity contribution in [3.05, 3.63) is 63.2 Å². The summed E-state index contributed by atoms with van der Waals surface area (Å²) in [5.41, 5.74) is 1.06. The molecule has 0 fully saturated rings. The predicted molar refractivity (Wildman–Crippen MR) is 119 cm³/mol. The first-order chi connectivity index (χ1) is 14.9. The lowest BCUT2D eigenvalue weighted by atomic mass is 10.1. The smallest absolute Gasteiger partial charge is 0.357 e. The van der Waals surface area contributed by atoms with E-state index in [1.807, 2.05) is 6.07 Å². The summed E-state index contributed by atoms with van der Waals surface area (Å²) in [5, 5.41) is 4.77. The van der Waals surface area contributed by atoms with Crippen molar-refractivity contribution in [1.29, 1.82) is 0 Å². The van der Waals surface area contributed by atoms with Crippen molar-refractivity contribution in [2.24, 2.45) is 0 Å². The molecule has 2 aromatic carbocycles. The zero-order chi connectivity index (χ0) is 22.5. The Kier molecular flexibility index (Phi) is 7.00. The lowest BCUT2D eigenvalue weighted by Crippen LogP contribution is -2.15. The Morgan fingerprint density at radius 3 is 2.42 bits per heavy atom. The summed E-state index contributed by atoms with van der Waals surface area (Å²) >= 11 is 9.77. The zero-order valence-corrected chi connectivity index (χ0v) is 18.9. The number of para-hydroxylation sites is 1. The fourth-order valence-electron chi connectivity index (χ4n) is 2.91. The number of halogens is 2. The second-order valence-electron chi connectivity index (χ2n) is 6.06.